The molecule has 0 radical (unpaired) electrons. The van der Waals surface area contributed by atoms with Crippen LogP contribution in [0.3, 0.4) is 0 Å². The van der Waals surface area contributed by atoms with Crippen molar-refractivity contribution < 1.29 is 4.79 Å². The molecule has 0 aliphatic carbocycles. The Kier molecular flexibility index (Phi) is 4.74. The fourth-order valence-electron chi connectivity index (χ4n) is 3.97. The Morgan fingerprint density at radius 1 is 1.29 bits per heavy atom. The molecule has 0 spiro atoms. The number of hydrogen-bond donors (Lipinski definition) is 1. The minimum Gasteiger partial charge on any atom is -0.371 e. The van der Waals surface area contributed by atoms with Crippen LogP contribution in [0.4, 0.5) is 0 Å². The smallest absolute Gasteiger partial charge is 0.251 e. The van der Waals surface area contributed by atoms with Gasteiger partial charge in [0.05, 0.1) is 17.5 Å². The van der Waals surface area contributed by atoms with Crippen molar-refractivity contribution in [2.24, 2.45) is 0 Å². The summed E-state index contributed by atoms with van der Waals surface area (Å²) in [6.45, 7) is 9.87. The number of nitrogens with one attached hydrogen (secondary N) is 1. The van der Waals surface area contributed by atoms with Crippen molar-refractivity contribution in [2.75, 3.05) is 20.1 Å². The van der Waals surface area contributed by atoms with E-state index in [1.807, 2.05) is 42.9 Å². The summed E-state index contributed by atoms with van der Waals surface area (Å²) in [5.41, 5.74) is 6.29. The molecule has 0 bridgehead atoms. The van der Waals surface area contributed by atoms with Crippen LogP contribution in [0.25, 0.3) is 16.8 Å². The van der Waals surface area contributed by atoms with Crippen molar-refractivity contribution >= 4 is 11.4 Å². The van der Waals surface area contributed by atoms with Gasteiger partial charge < -0.3 is 14.6 Å². The number of carbonyl (C=O) groups is 1. The molecular weight excluding hydrogens is 348 g/mol. The first-order valence-electron chi connectivity index (χ1n) is 9.46. The molecule has 1 N–H and O–H groups in total. The van der Waals surface area contributed by atoms with Gasteiger partial charge in [-0.25, -0.2) is 4.98 Å². The predicted molar refractivity (Wildman–Crippen MR) is 112 cm³/mol. The zero-order valence-corrected chi connectivity index (χ0v) is 16.1. The summed E-state index contributed by atoms with van der Waals surface area (Å²) >= 11 is 0. The van der Waals surface area contributed by atoms with Crippen molar-refractivity contribution in [2.45, 2.75) is 12.3 Å². The molecule has 3 aromatic rings. The van der Waals surface area contributed by atoms with Gasteiger partial charge in [-0.1, -0.05) is 25.3 Å². The third-order valence-electron chi connectivity index (χ3n) is 5.55. The number of allylic oxidation sites excluding steroid dienone is 1. The van der Waals surface area contributed by atoms with Gasteiger partial charge >= 0.3 is 0 Å². The molecule has 1 saturated heterocycles. The summed E-state index contributed by atoms with van der Waals surface area (Å²) in [4.78, 5) is 18.4. The highest BCUT2D eigenvalue weighted by Gasteiger charge is 2.27. The number of aromatic nitrogens is 2. The molecule has 3 heterocycles. The van der Waals surface area contributed by atoms with E-state index in [1.54, 1.807) is 7.05 Å². The lowest BCUT2D eigenvalue weighted by Crippen LogP contribution is -2.17. The lowest BCUT2D eigenvalue weighted by atomic mass is 9.98. The van der Waals surface area contributed by atoms with E-state index in [0.717, 1.165) is 36.5 Å². The average Bonchev–Trinajstić information content (AvgIpc) is 3.38. The molecule has 0 saturated carbocycles. The standard InChI is InChI=1S/C23H24N4O/c1-4-16(2)26-12-10-19(14-26)20-13-22(27-15-25-11-9-21(20)27)17-5-7-18(8-6-17)23(28)24-3/h4-9,11,13,15,19H,1-2,10,12,14H2,3H3,(H,24,28). The Labute approximate surface area is 165 Å². The van der Waals surface area contributed by atoms with Crippen molar-refractivity contribution in [1.82, 2.24) is 19.6 Å². The summed E-state index contributed by atoms with van der Waals surface area (Å²) in [5.74, 6) is 0.357. The highest BCUT2D eigenvalue weighted by atomic mass is 16.1. The maximum absolute atomic E-state index is 11.8. The Bertz CT molecular complexity index is 1050. The Balaban J connectivity index is 1.72. The molecule has 1 atom stereocenters. The molecule has 1 amide bonds. The monoisotopic (exact) mass is 372 g/mol. The summed E-state index contributed by atoms with van der Waals surface area (Å²) in [6, 6.07) is 12.0. The predicted octanol–water partition coefficient (Wildman–Crippen LogP) is 3.85. The van der Waals surface area contributed by atoms with E-state index in [2.05, 4.69) is 44.9 Å². The number of amides is 1. The highest BCUT2D eigenvalue weighted by molar-refractivity contribution is 5.94. The summed E-state index contributed by atoms with van der Waals surface area (Å²) in [6.07, 6.45) is 6.61. The third-order valence-corrected chi connectivity index (χ3v) is 5.55. The Morgan fingerprint density at radius 3 is 2.79 bits per heavy atom. The first kappa shape index (κ1) is 18.0. The molecule has 1 aromatic carbocycles. The van der Waals surface area contributed by atoms with E-state index in [9.17, 15) is 4.79 Å². The second-order valence-corrected chi connectivity index (χ2v) is 7.10. The van der Waals surface area contributed by atoms with Crippen LogP contribution < -0.4 is 5.32 Å². The van der Waals surface area contributed by atoms with E-state index in [0.29, 0.717) is 11.5 Å². The van der Waals surface area contributed by atoms with Gasteiger partial charge in [0.2, 0.25) is 0 Å². The quantitative estimate of drug-likeness (QED) is 0.692. The minimum absolute atomic E-state index is 0.0811. The maximum Gasteiger partial charge on any atom is 0.251 e. The normalized spacial score (nSPS) is 16.3. The fraction of sp³-hybridized carbons (Fsp3) is 0.217. The second kappa shape index (κ2) is 7.35. The van der Waals surface area contributed by atoms with E-state index in [-0.39, 0.29) is 5.91 Å². The number of rotatable bonds is 5. The molecule has 5 nitrogen and oxygen atoms in total. The van der Waals surface area contributed by atoms with E-state index >= 15 is 0 Å². The van der Waals surface area contributed by atoms with Gasteiger partial charge in [-0.15, -0.1) is 0 Å². The molecular formula is C23H24N4O. The van der Waals surface area contributed by atoms with Gasteiger partial charge in [-0.3, -0.25) is 4.79 Å². The largest absolute Gasteiger partial charge is 0.371 e. The molecule has 4 rings (SSSR count). The molecule has 1 fully saturated rings. The number of hydrogen-bond acceptors (Lipinski definition) is 3. The van der Waals surface area contributed by atoms with Gasteiger partial charge in [0.1, 0.15) is 0 Å². The zero-order chi connectivity index (χ0) is 19.7. The molecule has 142 valence electrons. The number of fused-ring (bicyclic) bond motifs is 1. The minimum atomic E-state index is -0.0811. The van der Waals surface area contributed by atoms with Gasteiger partial charge in [0, 0.05) is 43.5 Å². The highest BCUT2D eigenvalue weighted by Crippen LogP contribution is 2.36. The summed E-state index contributed by atoms with van der Waals surface area (Å²) < 4.78 is 2.13. The van der Waals surface area contributed by atoms with Crippen LogP contribution in [-0.2, 0) is 0 Å². The third kappa shape index (κ3) is 3.09. The molecule has 1 aliphatic rings. The van der Waals surface area contributed by atoms with Crippen LogP contribution >= 0.6 is 0 Å². The van der Waals surface area contributed by atoms with Gasteiger partial charge in [-0.05, 0) is 47.9 Å². The number of carbonyl (C=O) groups excluding carboxylic acids is 1. The molecule has 2 aromatic heterocycles. The van der Waals surface area contributed by atoms with Crippen LogP contribution in [0.5, 0.6) is 0 Å². The lowest BCUT2D eigenvalue weighted by molar-refractivity contribution is 0.0963. The number of likely N-dealkylation sites (tertiary alicyclic amines) is 1. The molecule has 1 unspecified atom stereocenters. The van der Waals surface area contributed by atoms with Gasteiger partial charge in [0.25, 0.3) is 5.91 Å². The van der Waals surface area contributed by atoms with Crippen molar-refractivity contribution in [3.05, 3.63) is 85.0 Å². The van der Waals surface area contributed by atoms with Crippen LogP contribution in [0.1, 0.15) is 28.3 Å². The second-order valence-electron chi connectivity index (χ2n) is 7.10. The summed E-state index contributed by atoms with van der Waals surface area (Å²) in [7, 11) is 1.64. The maximum atomic E-state index is 11.8. The number of benzene rings is 1. The van der Waals surface area contributed by atoms with E-state index in [4.69, 9.17) is 0 Å². The van der Waals surface area contributed by atoms with Crippen LogP contribution in [0.15, 0.2) is 73.9 Å². The first-order valence-corrected chi connectivity index (χ1v) is 9.46. The zero-order valence-electron chi connectivity index (χ0n) is 16.1. The Morgan fingerprint density at radius 2 is 2.07 bits per heavy atom. The van der Waals surface area contributed by atoms with Crippen molar-refractivity contribution in [1.29, 1.82) is 0 Å². The van der Waals surface area contributed by atoms with Crippen molar-refractivity contribution in [3.63, 3.8) is 0 Å². The van der Waals surface area contributed by atoms with Gasteiger partial charge in [-0.2, -0.15) is 0 Å². The SMILES string of the molecule is C=CC(=C)N1CCC(c2cc(-c3ccc(C(=O)NC)cc3)n3cnccc23)C1. The molecule has 5 heteroatoms. The van der Waals surface area contributed by atoms with Crippen LogP contribution in [0, 0.1) is 0 Å². The summed E-state index contributed by atoms with van der Waals surface area (Å²) in [5, 5.41) is 2.66. The van der Waals surface area contributed by atoms with E-state index < -0.39 is 0 Å². The Hall–Kier alpha value is -3.34. The fourth-order valence-corrected chi connectivity index (χ4v) is 3.97. The van der Waals surface area contributed by atoms with Crippen molar-refractivity contribution in [3.8, 4) is 11.3 Å². The average molecular weight is 372 g/mol. The number of nitrogens with zero attached hydrogens (tertiary/aromatic N) is 3. The van der Waals surface area contributed by atoms with Crippen LogP contribution in [-0.4, -0.2) is 40.3 Å². The molecule has 28 heavy (non-hydrogen) atoms. The molecule has 1 aliphatic heterocycles. The van der Waals surface area contributed by atoms with Crippen LogP contribution in [0.2, 0.25) is 0 Å². The first-order chi connectivity index (χ1) is 13.6. The lowest BCUT2D eigenvalue weighted by Gasteiger charge is -2.18. The van der Waals surface area contributed by atoms with E-state index in [1.165, 1.54) is 11.1 Å². The van der Waals surface area contributed by atoms with Gasteiger partial charge in [0.15, 0.2) is 0 Å². The topological polar surface area (TPSA) is 49.6 Å².